The lowest BCUT2D eigenvalue weighted by Crippen LogP contribution is -2.17. The topological polar surface area (TPSA) is 47.0 Å². The normalized spacial score (nSPS) is 10.9. The number of rotatable bonds is 3. The first-order valence-corrected chi connectivity index (χ1v) is 6.50. The van der Waals surface area contributed by atoms with Crippen LogP contribution in [0, 0.1) is 6.92 Å². The minimum Gasteiger partial charge on any atom is -0.496 e. The van der Waals surface area contributed by atoms with Crippen LogP contribution < -0.4 is 10.4 Å². The summed E-state index contributed by atoms with van der Waals surface area (Å²) in [7, 11) is 1.64. The number of hydrogen-bond donors (Lipinski definition) is 1. The first kappa shape index (κ1) is 12.5. The number of hydrogen-bond acceptors (Lipinski definition) is 2. The fourth-order valence-electron chi connectivity index (χ4n) is 2.48. The average molecular weight is 268 g/mol. The molecule has 1 N–H and O–H groups in total. The summed E-state index contributed by atoms with van der Waals surface area (Å²) < 4.78 is 7.08. The first-order valence-electron chi connectivity index (χ1n) is 6.50. The van der Waals surface area contributed by atoms with Gasteiger partial charge >= 0.3 is 5.69 Å². The molecule has 0 saturated carbocycles. The Bertz CT molecular complexity index is 815. The van der Waals surface area contributed by atoms with Gasteiger partial charge in [-0.1, -0.05) is 30.3 Å². The van der Waals surface area contributed by atoms with Crippen molar-refractivity contribution < 1.29 is 4.74 Å². The zero-order valence-electron chi connectivity index (χ0n) is 11.5. The Balaban J connectivity index is 2.14. The van der Waals surface area contributed by atoms with Gasteiger partial charge in [0.1, 0.15) is 5.75 Å². The molecule has 0 aliphatic carbocycles. The molecule has 0 unspecified atom stereocenters. The van der Waals surface area contributed by atoms with E-state index in [2.05, 4.69) is 4.98 Å². The molecule has 0 saturated heterocycles. The van der Waals surface area contributed by atoms with Crippen LogP contribution in [0.3, 0.4) is 0 Å². The molecule has 0 radical (unpaired) electrons. The molecule has 20 heavy (non-hydrogen) atoms. The zero-order chi connectivity index (χ0) is 14.1. The average Bonchev–Trinajstić information content (AvgIpc) is 2.78. The van der Waals surface area contributed by atoms with Gasteiger partial charge in [0, 0.05) is 5.56 Å². The second kappa shape index (κ2) is 4.89. The number of para-hydroxylation sites is 2. The number of nitrogens with one attached hydrogen (secondary N) is 1. The minimum absolute atomic E-state index is 0.0970. The summed E-state index contributed by atoms with van der Waals surface area (Å²) in [5, 5.41) is 0. The Kier molecular flexibility index (Phi) is 3.06. The third-order valence-electron chi connectivity index (χ3n) is 3.54. The van der Waals surface area contributed by atoms with Crippen LogP contribution in [0.1, 0.15) is 11.1 Å². The lowest BCUT2D eigenvalue weighted by atomic mass is 10.2. The largest absolute Gasteiger partial charge is 0.496 e. The predicted octanol–water partition coefficient (Wildman–Crippen LogP) is 2.69. The molecule has 1 heterocycles. The lowest BCUT2D eigenvalue weighted by Gasteiger charge is -2.09. The van der Waals surface area contributed by atoms with Gasteiger partial charge in [-0.25, -0.2) is 4.79 Å². The Labute approximate surface area is 116 Å². The maximum Gasteiger partial charge on any atom is 0.326 e. The number of ether oxygens (including phenoxy) is 1. The number of imidazole rings is 1. The molecule has 0 atom stereocenters. The molecule has 3 aromatic rings. The van der Waals surface area contributed by atoms with Crippen molar-refractivity contribution in [3.63, 3.8) is 0 Å². The van der Waals surface area contributed by atoms with Gasteiger partial charge in [-0.15, -0.1) is 0 Å². The summed E-state index contributed by atoms with van der Waals surface area (Å²) in [6.07, 6.45) is 0. The van der Waals surface area contributed by atoms with E-state index in [0.717, 1.165) is 27.9 Å². The van der Waals surface area contributed by atoms with E-state index in [1.54, 1.807) is 11.7 Å². The summed E-state index contributed by atoms with van der Waals surface area (Å²) >= 11 is 0. The van der Waals surface area contributed by atoms with Gasteiger partial charge in [-0.05, 0) is 24.6 Å². The van der Waals surface area contributed by atoms with E-state index in [9.17, 15) is 4.79 Å². The minimum atomic E-state index is -0.0970. The highest BCUT2D eigenvalue weighted by Gasteiger charge is 2.10. The van der Waals surface area contributed by atoms with Gasteiger partial charge in [0.05, 0.1) is 24.7 Å². The standard InChI is InChI=1S/C16H16N2O2/c1-11-6-5-8-13-15(11)17-16(19)18(13)10-12-7-3-4-9-14(12)20-2/h3-9H,10H2,1-2H3,(H,17,19). The number of nitrogens with zero attached hydrogens (tertiary/aromatic N) is 1. The molecule has 1 aromatic heterocycles. The van der Waals surface area contributed by atoms with Crippen LogP contribution >= 0.6 is 0 Å². The van der Waals surface area contributed by atoms with Gasteiger partial charge in [0.15, 0.2) is 0 Å². The number of aromatic nitrogens is 2. The Morgan fingerprint density at radius 2 is 1.95 bits per heavy atom. The van der Waals surface area contributed by atoms with E-state index >= 15 is 0 Å². The van der Waals surface area contributed by atoms with Gasteiger partial charge in [-0.2, -0.15) is 0 Å². The summed E-state index contributed by atoms with van der Waals surface area (Å²) in [5.74, 6) is 0.793. The van der Waals surface area contributed by atoms with Crippen molar-refractivity contribution in [1.82, 2.24) is 9.55 Å². The van der Waals surface area contributed by atoms with Crippen molar-refractivity contribution in [3.8, 4) is 5.75 Å². The van der Waals surface area contributed by atoms with Crippen molar-refractivity contribution in [2.45, 2.75) is 13.5 Å². The molecule has 0 aliphatic rings. The molecular formula is C16H16N2O2. The van der Waals surface area contributed by atoms with Crippen LogP contribution in [0.15, 0.2) is 47.3 Å². The van der Waals surface area contributed by atoms with Gasteiger partial charge in [0.2, 0.25) is 0 Å². The Morgan fingerprint density at radius 1 is 1.15 bits per heavy atom. The summed E-state index contributed by atoms with van der Waals surface area (Å²) in [6.45, 7) is 2.48. The molecule has 0 amide bonds. The van der Waals surface area contributed by atoms with Crippen LogP contribution in [-0.2, 0) is 6.54 Å². The molecule has 0 aliphatic heterocycles. The van der Waals surface area contributed by atoms with Crippen molar-refractivity contribution in [2.75, 3.05) is 7.11 Å². The van der Waals surface area contributed by atoms with Crippen molar-refractivity contribution in [1.29, 1.82) is 0 Å². The summed E-state index contributed by atoms with van der Waals surface area (Å²) in [5.41, 5.74) is 3.77. The number of benzene rings is 2. The van der Waals surface area contributed by atoms with E-state index in [0.29, 0.717) is 6.54 Å². The van der Waals surface area contributed by atoms with Crippen molar-refractivity contribution in [2.24, 2.45) is 0 Å². The van der Waals surface area contributed by atoms with Crippen molar-refractivity contribution in [3.05, 3.63) is 64.1 Å². The smallest absolute Gasteiger partial charge is 0.326 e. The highest BCUT2D eigenvalue weighted by atomic mass is 16.5. The maximum absolute atomic E-state index is 12.2. The number of fused-ring (bicyclic) bond motifs is 1. The van der Waals surface area contributed by atoms with Crippen LogP contribution in [0.5, 0.6) is 5.75 Å². The van der Waals surface area contributed by atoms with E-state index in [1.807, 2.05) is 49.4 Å². The number of aryl methyl sites for hydroxylation is 1. The predicted molar refractivity (Wildman–Crippen MR) is 79.4 cm³/mol. The van der Waals surface area contributed by atoms with Crippen LogP contribution in [-0.4, -0.2) is 16.7 Å². The molecule has 0 fully saturated rings. The van der Waals surface area contributed by atoms with Crippen LogP contribution in [0.4, 0.5) is 0 Å². The molecule has 4 nitrogen and oxygen atoms in total. The van der Waals surface area contributed by atoms with Gasteiger partial charge < -0.3 is 9.72 Å². The van der Waals surface area contributed by atoms with E-state index in [-0.39, 0.29) is 5.69 Å². The number of H-pyrrole nitrogens is 1. The Morgan fingerprint density at radius 3 is 2.75 bits per heavy atom. The SMILES string of the molecule is COc1ccccc1Cn1c(=O)[nH]c2c(C)cccc21. The fraction of sp³-hybridized carbons (Fsp3) is 0.188. The maximum atomic E-state index is 12.2. The highest BCUT2D eigenvalue weighted by Crippen LogP contribution is 2.20. The summed E-state index contributed by atoms with van der Waals surface area (Å²) in [4.78, 5) is 15.1. The number of methoxy groups -OCH3 is 1. The van der Waals surface area contributed by atoms with Gasteiger partial charge in [-0.3, -0.25) is 4.57 Å². The quantitative estimate of drug-likeness (QED) is 0.794. The van der Waals surface area contributed by atoms with E-state index in [1.165, 1.54) is 0 Å². The van der Waals surface area contributed by atoms with Gasteiger partial charge in [0.25, 0.3) is 0 Å². The molecule has 4 heteroatoms. The first-order chi connectivity index (χ1) is 9.70. The third-order valence-corrected chi connectivity index (χ3v) is 3.54. The molecule has 0 bridgehead atoms. The van der Waals surface area contributed by atoms with E-state index < -0.39 is 0 Å². The highest BCUT2D eigenvalue weighted by molar-refractivity contribution is 5.78. The molecule has 3 rings (SSSR count). The summed E-state index contributed by atoms with van der Waals surface area (Å²) in [6, 6.07) is 13.7. The van der Waals surface area contributed by atoms with Crippen molar-refractivity contribution >= 4 is 11.0 Å². The lowest BCUT2D eigenvalue weighted by molar-refractivity contribution is 0.408. The fourth-order valence-corrected chi connectivity index (χ4v) is 2.48. The molecule has 2 aromatic carbocycles. The number of aromatic amines is 1. The van der Waals surface area contributed by atoms with Crippen LogP contribution in [0.2, 0.25) is 0 Å². The second-order valence-electron chi connectivity index (χ2n) is 4.80. The molecular weight excluding hydrogens is 252 g/mol. The molecule has 102 valence electrons. The third kappa shape index (κ3) is 1.99. The monoisotopic (exact) mass is 268 g/mol. The van der Waals surface area contributed by atoms with E-state index in [4.69, 9.17) is 4.74 Å². The second-order valence-corrected chi connectivity index (χ2v) is 4.80. The molecule has 0 spiro atoms. The zero-order valence-corrected chi connectivity index (χ0v) is 11.5. The Hall–Kier alpha value is -2.49. The van der Waals surface area contributed by atoms with Crippen LogP contribution in [0.25, 0.3) is 11.0 Å².